The first kappa shape index (κ1) is 28.6. The van der Waals surface area contributed by atoms with E-state index in [0.29, 0.717) is 19.4 Å². The minimum Gasteiger partial charge on any atom is -0.388 e. The number of nitrogens with two attached hydrogens (primary N) is 3. The molecule has 3 aliphatic rings. The number of likely N-dealkylation sites (N-methyl/N-ethyl adjacent to an activating group) is 1. The highest BCUT2D eigenvalue weighted by molar-refractivity contribution is 5.80. The fraction of sp³-hybridized carbons (Fsp3) is 0.952. The Bertz CT molecular complexity index is 705. The van der Waals surface area contributed by atoms with Crippen molar-refractivity contribution in [2.75, 3.05) is 26.8 Å². The van der Waals surface area contributed by atoms with Gasteiger partial charge in [-0.3, -0.25) is 5.41 Å². The topological polar surface area (TPSA) is 244 Å². The summed E-state index contributed by atoms with van der Waals surface area (Å²) in [5.74, 6) is -0.188. The molecule has 0 spiro atoms. The van der Waals surface area contributed by atoms with Gasteiger partial charge in [0.25, 0.3) is 0 Å². The lowest BCUT2D eigenvalue weighted by Gasteiger charge is -2.49. The van der Waals surface area contributed by atoms with Crippen LogP contribution in [0, 0.1) is 5.41 Å². The van der Waals surface area contributed by atoms with E-state index in [0.717, 1.165) is 0 Å². The summed E-state index contributed by atoms with van der Waals surface area (Å²) < 4.78 is 23.5. The van der Waals surface area contributed by atoms with Crippen LogP contribution in [0.1, 0.15) is 26.2 Å². The lowest BCUT2D eigenvalue weighted by atomic mass is 9.83. The fourth-order valence-corrected chi connectivity index (χ4v) is 5.06. The van der Waals surface area contributed by atoms with Gasteiger partial charge < -0.3 is 67.2 Å². The fourth-order valence-electron chi connectivity index (χ4n) is 5.06. The average molecular weight is 507 g/mol. The van der Waals surface area contributed by atoms with Crippen LogP contribution in [0.25, 0.3) is 0 Å². The molecule has 0 aromatic rings. The van der Waals surface area contributed by atoms with Gasteiger partial charge in [-0.2, -0.15) is 0 Å². The molecule has 14 nitrogen and oxygen atoms in total. The number of amidine groups is 1. The third kappa shape index (κ3) is 6.47. The van der Waals surface area contributed by atoms with E-state index >= 15 is 0 Å². The zero-order chi connectivity index (χ0) is 25.9. The minimum atomic E-state index is -1.35. The normalized spacial score (nSPS) is 46.8. The van der Waals surface area contributed by atoms with Crippen LogP contribution in [-0.2, 0) is 18.9 Å². The third-order valence-electron chi connectivity index (χ3n) is 7.02. The first-order valence-electron chi connectivity index (χ1n) is 12.0. The van der Waals surface area contributed by atoms with Crippen LogP contribution in [0.5, 0.6) is 0 Å². The van der Waals surface area contributed by atoms with E-state index < -0.39 is 73.4 Å². The highest BCUT2D eigenvalue weighted by Crippen LogP contribution is 2.32. The molecule has 0 aromatic heterocycles. The number of nitrogens with one attached hydrogen (secondary N) is 3. The van der Waals surface area contributed by atoms with Gasteiger partial charge in [-0.1, -0.05) is 0 Å². The van der Waals surface area contributed by atoms with Crippen molar-refractivity contribution in [1.29, 1.82) is 5.41 Å². The van der Waals surface area contributed by atoms with Crippen LogP contribution in [-0.4, -0.2) is 126 Å². The minimum absolute atomic E-state index is 0.127. The number of hydrogen-bond donors (Lipinski definition) is 10. The molecule has 0 aromatic carbocycles. The second-order valence-corrected chi connectivity index (χ2v) is 9.88. The molecule has 14 heteroatoms. The molecule has 0 radical (unpaired) electrons. The van der Waals surface area contributed by atoms with E-state index in [1.807, 2.05) is 0 Å². The molecule has 13 N–H and O–H groups in total. The molecule has 2 saturated heterocycles. The van der Waals surface area contributed by atoms with Crippen LogP contribution in [0.4, 0.5) is 0 Å². The maximum Gasteiger partial charge on any atom is 0.185 e. The third-order valence-corrected chi connectivity index (χ3v) is 7.02. The molecule has 3 rings (SSSR count). The van der Waals surface area contributed by atoms with Crippen molar-refractivity contribution in [2.24, 2.45) is 17.2 Å². The van der Waals surface area contributed by atoms with Crippen molar-refractivity contribution in [3.8, 4) is 0 Å². The van der Waals surface area contributed by atoms with Crippen molar-refractivity contribution in [3.05, 3.63) is 0 Å². The predicted molar refractivity (Wildman–Crippen MR) is 124 cm³/mol. The van der Waals surface area contributed by atoms with Crippen LogP contribution in [0.2, 0.25) is 0 Å². The van der Waals surface area contributed by atoms with Gasteiger partial charge in [0, 0.05) is 12.6 Å². The second kappa shape index (κ2) is 12.0. The lowest BCUT2D eigenvalue weighted by Crippen LogP contribution is -2.69. The highest BCUT2D eigenvalue weighted by Gasteiger charge is 2.51. The Kier molecular flexibility index (Phi) is 9.81. The molecule has 1 aliphatic carbocycles. The number of hydrogen-bond acceptors (Lipinski definition) is 13. The second-order valence-electron chi connectivity index (χ2n) is 9.88. The first-order chi connectivity index (χ1) is 16.5. The van der Waals surface area contributed by atoms with E-state index in [1.54, 1.807) is 7.05 Å². The molecule has 12 atom stereocenters. The van der Waals surface area contributed by atoms with E-state index in [2.05, 4.69) is 10.6 Å². The van der Waals surface area contributed by atoms with Crippen LogP contribution < -0.4 is 27.8 Å². The maximum absolute atomic E-state index is 11.3. The van der Waals surface area contributed by atoms with Gasteiger partial charge in [-0.05, 0) is 33.2 Å². The molecular formula is C21H42N6O8. The molecule has 3 fully saturated rings. The van der Waals surface area contributed by atoms with Crippen molar-refractivity contribution in [3.63, 3.8) is 0 Å². The Morgan fingerprint density at radius 1 is 1.11 bits per heavy atom. The monoisotopic (exact) mass is 506 g/mol. The summed E-state index contributed by atoms with van der Waals surface area (Å²) in [6, 6.07) is -2.59. The summed E-state index contributed by atoms with van der Waals surface area (Å²) in [6.45, 7) is 1.16. The van der Waals surface area contributed by atoms with Crippen molar-refractivity contribution in [2.45, 2.75) is 99.1 Å². The SMILES string of the molecule is CN[C@@H]1[C@@H](O)[C@@H](O[C@@H]2[C@@H](O)[C@H](O[C@H]3O[C@H](CN)CC[C@H]3N)[C@@H](N)C[C@H]2NC(=N)CO)OC[C@]1(C)O. The number of ether oxygens (including phenoxy) is 4. The van der Waals surface area contributed by atoms with E-state index in [4.69, 9.17) is 41.6 Å². The molecule has 35 heavy (non-hydrogen) atoms. The van der Waals surface area contributed by atoms with Gasteiger partial charge in [-0.25, -0.2) is 0 Å². The van der Waals surface area contributed by atoms with Crippen LogP contribution >= 0.6 is 0 Å². The molecule has 0 amide bonds. The summed E-state index contributed by atoms with van der Waals surface area (Å²) >= 11 is 0. The van der Waals surface area contributed by atoms with Gasteiger partial charge in [0.2, 0.25) is 0 Å². The molecule has 2 heterocycles. The Balaban J connectivity index is 1.79. The van der Waals surface area contributed by atoms with Gasteiger partial charge in [-0.15, -0.1) is 0 Å². The Morgan fingerprint density at radius 3 is 2.43 bits per heavy atom. The largest absolute Gasteiger partial charge is 0.388 e. The predicted octanol–water partition coefficient (Wildman–Crippen LogP) is -4.38. The van der Waals surface area contributed by atoms with E-state index in [1.165, 1.54) is 6.92 Å². The van der Waals surface area contributed by atoms with Gasteiger partial charge in [0.1, 0.15) is 42.5 Å². The van der Waals surface area contributed by atoms with E-state index in [-0.39, 0.29) is 25.0 Å². The smallest absolute Gasteiger partial charge is 0.185 e. The van der Waals surface area contributed by atoms with E-state index in [9.17, 15) is 20.4 Å². The number of aliphatic hydroxyl groups is 4. The summed E-state index contributed by atoms with van der Waals surface area (Å²) in [5.41, 5.74) is 16.9. The summed E-state index contributed by atoms with van der Waals surface area (Å²) in [7, 11) is 1.60. The van der Waals surface area contributed by atoms with Crippen molar-refractivity contribution < 1.29 is 39.4 Å². The van der Waals surface area contributed by atoms with Crippen molar-refractivity contribution >= 4 is 5.84 Å². The average Bonchev–Trinajstić information content (AvgIpc) is 2.81. The lowest BCUT2D eigenvalue weighted by molar-refractivity contribution is -0.307. The zero-order valence-electron chi connectivity index (χ0n) is 20.2. The number of rotatable bonds is 8. The quantitative estimate of drug-likeness (QED) is 0.111. The Labute approximate surface area is 204 Å². The summed E-state index contributed by atoms with van der Waals surface area (Å²) in [5, 5.41) is 55.5. The van der Waals surface area contributed by atoms with Gasteiger partial charge in [0.05, 0.1) is 30.8 Å². The van der Waals surface area contributed by atoms with Gasteiger partial charge in [0.15, 0.2) is 12.6 Å². The first-order valence-corrected chi connectivity index (χ1v) is 12.0. The molecule has 0 bridgehead atoms. The van der Waals surface area contributed by atoms with Crippen LogP contribution in [0.3, 0.4) is 0 Å². The maximum atomic E-state index is 11.3. The number of aliphatic hydroxyl groups excluding tert-OH is 3. The molecular weight excluding hydrogens is 464 g/mol. The Morgan fingerprint density at radius 2 is 1.80 bits per heavy atom. The zero-order valence-corrected chi connectivity index (χ0v) is 20.2. The Hall–Kier alpha value is -1.01. The summed E-state index contributed by atoms with van der Waals surface area (Å²) in [4.78, 5) is 0. The molecule has 2 aliphatic heterocycles. The van der Waals surface area contributed by atoms with Crippen LogP contribution in [0.15, 0.2) is 0 Å². The van der Waals surface area contributed by atoms with Gasteiger partial charge >= 0.3 is 0 Å². The van der Waals surface area contributed by atoms with Crippen molar-refractivity contribution in [1.82, 2.24) is 10.6 Å². The highest BCUT2D eigenvalue weighted by atomic mass is 16.7. The summed E-state index contributed by atoms with van der Waals surface area (Å²) in [6.07, 6.45) is -5.33. The standard InChI is InChI=1S/C21H42N6O8/c1-21(31)8-32-20(15(30)18(21)26-2)35-17-12(27-13(25)7-28)5-11(24)16(14(17)29)34-19-10(23)4-3-9(6-22)33-19/h9-12,14-20,26,28-31H,3-8,22-24H2,1-2H3,(H2,25,27)/t9-,10+,11-,12+,14-,15+,16+,17-,18+,19+,20+,21-/m0/s1. The molecule has 1 saturated carbocycles. The molecule has 204 valence electrons. The molecule has 0 unspecified atom stereocenters.